The summed E-state index contributed by atoms with van der Waals surface area (Å²) in [5.41, 5.74) is 27.0. The van der Waals surface area contributed by atoms with Crippen LogP contribution in [-0.4, -0.2) is 4.57 Å². The summed E-state index contributed by atoms with van der Waals surface area (Å²) in [4.78, 5) is 4.87. The first-order chi connectivity index (χ1) is 68.0. The fraction of sp³-hybridized carbons (Fsp3) is 0.0154. The highest BCUT2D eigenvalue weighted by Crippen LogP contribution is 2.66. The fourth-order valence-corrected chi connectivity index (χ4v) is 22.8. The molecule has 7 nitrogen and oxygen atoms in total. The van der Waals surface area contributed by atoms with Crippen molar-refractivity contribution in [1.29, 1.82) is 0 Å². The maximum Gasteiger partial charge on any atom is 0.178 e. The average Bonchev–Trinajstić information content (AvgIpc) is 1.53. The molecule has 28 rings (SSSR count). The van der Waals surface area contributed by atoms with Gasteiger partial charge in [-0.15, -0.1) is 0 Å². The van der Waals surface area contributed by atoms with E-state index >= 15 is 0 Å². The summed E-state index contributed by atoms with van der Waals surface area (Å²) in [6.45, 7) is 0. The Morgan fingerprint density at radius 1 is 0.190 bits per heavy atom. The van der Waals surface area contributed by atoms with Crippen molar-refractivity contribution < 1.29 is 18.9 Å². The van der Waals surface area contributed by atoms with E-state index < -0.39 is 10.8 Å². The predicted octanol–water partition coefficient (Wildman–Crippen LogP) is 35.0. The molecule has 0 bridgehead atoms. The smallest absolute Gasteiger partial charge is 0.178 e. The molecule has 0 spiro atoms. The lowest BCUT2D eigenvalue weighted by atomic mass is 9.65. The number of hydrogen-bond acceptors (Lipinski definition) is 6. The average molecular weight is 1750 g/mol. The second-order valence-electron chi connectivity index (χ2n) is 35.8. The highest BCUT2D eigenvalue weighted by Gasteiger charge is 2.52. The number of para-hydroxylation sites is 6. The Balaban J connectivity index is 0.000000141. The largest absolute Gasteiger partial charge is 0.449 e. The molecule has 137 heavy (non-hydrogen) atoms. The van der Waals surface area contributed by atoms with Gasteiger partial charge in [-0.3, -0.25) is 0 Å². The lowest BCUT2D eigenvalue weighted by molar-refractivity contribution is 0.360. The zero-order valence-electron chi connectivity index (χ0n) is 74.4. The van der Waals surface area contributed by atoms with Gasteiger partial charge in [-0.05, 0) is 225 Å². The third kappa shape index (κ3) is 12.4. The molecule has 642 valence electrons. The van der Waals surface area contributed by atoms with Gasteiger partial charge in [0.15, 0.2) is 46.0 Å². The van der Waals surface area contributed by atoms with Crippen LogP contribution in [0.15, 0.2) is 504 Å². The van der Waals surface area contributed by atoms with Crippen molar-refractivity contribution >= 4 is 110 Å². The number of aromatic nitrogens is 1. The first-order valence-electron chi connectivity index (χ1n) is 46.9. The predicted molar refractivity (Wildman–Crippen MR) is 563 cm³/mol. The molecule has 2 aliphatic carbocycles. The maximum absolute atomic E-state index is 6.90. The second-order valence-corrected chi connectivity index (χ2v) is 35.8. The first kappa shape index (κ1) is 78.8. The number of nitrogens with zero attached hydrogens (tertiary/aromatic N) is 3. The number of ether oxygens (including phenoxy) is 4. The Morgan fingerprint density at radius 3 is 1.15 bits per heavy atom. The second kappa shape index (κ2) is 31.9. The maximum atomic E-state index is 6.90. The lowest BCUT2D eigenvalue weighted by Gasteiger charge is -2.37. The van der Waals surface area contributed by atoms with Crippen LogP contribution in [0.25, 0.3) is 126 Å². The van der Waals surface area contributed by atoms with Crippen LogP contribution in [0.3, 0.4) is 0 Å². The van der Waals surface area contributed by atoms with Crippen molar-refractivity contribution in [3.63, 3.8) is 0 Å². The highest BCUT2D eigenvalue weighted by molar-refractivity contribution is 6.13. The first-order valence-corrected chi connectivity index (χ1v) is 46.9. The Hall–Kier alpha value is -18.0. The third-order valence-electron chi connectivity index (χ3n) is 28.7. The molecule has 4 aliphatic rings. The van der Waals surface area contributed by atoms with Gasteiger partial charge in [0, 0.05) is 60.8 Å². The Kier molecular flexibility index (Phi) is 18.3. The van der Waals surface area contributed by atoms with Gasteiger partial charge in [-0.2, -0.15) is 0 Å². The van der Waals surface area contributed by atoms with Crippen LogP contribution < -0.4 is 28.7 Å². The molecule has 2 atom stereocenters. The van der Waals surface area contributed by atoms with E-state index in [4.69, 9.17) is 18.9 Å². The van der Waals surface area contributed by atoms with Crippen LogP contribution >= 0.6 is 0 Å². The summed E-state index contributed by atoms with van der Waals surface area (Å²) in [6, 6.07) is 182. The number of fused-ring (bicyclic) bond motifs is 20. The van der Waals surface area contributed by atoms with Crippen molar-refractivity contribution in [2.45, 2.75) is 10.8 Å². The van der Waals surface area contributed by atoms with Gasteiger partial charge in [-0.1, -0.05) is 394 Å². The van der Waals surface area contributed by atoms with Gasteiger partial charge >= 0.3 is 0 Å². The quantitative estimate of drug-likeness (QED) is 0.115. The number of hydrogen-bond donors (Lipinski definition) is 0. The molecule has 3 heterocycles. The summed E-state index contributed by atoms with van der Waals surface area (Å²) in [5.74, 6) is 5.75. The van der Waals surface area contributed by atoms with Gasteiger partial charge in [-0.25, -0.2) is 0 Å². The van der Waals surface area contributed by atoms with Crippen LogP contribution in [0.4, 0.5) is 34.1 Å². The molecule has 23 aromatic carbocycles. The molecular formula is C130H83N3O4. The summed E-state index contributed by atoms with van der Waals surface area (Å²) >= 11 is 0. The van der Waals surface area contributed by atoms with Gasteiger partial charge in [0.05, 0.1) is 38.9 Å². The van der Waals surface area contributed by atoms with Gasteiger partial charge in [0.1, 0.15) is 0 Å². The van der Waals surface area contributed by atoms with Gasteiger partial charge in [0.25, 0.3) is 0 Å². The van der Waals surface area contributed by atoms with Crippen LogP contribution in [0.2, 0.25) is 0 Å². The minimum atomic E-state index is -0.746. The van der Waals surface area contributed by atoms with Crippen molar-refractivity contribution in [2.75, 3.05) is 9.80 Å². The SMILES string of the molecule is c1ccc(-c2ccc(N(c3ccc(C4(c5ccc(-c6cccc7ccccc67)cc5)c5ccccc5-c5c4ccc4c5Oc5ccccc5O4)cc3)c3cccc(-n4c5ccccc5c5ccccc54)c3)cc2)cc1.c1ccc2c(c1)Oc1ccc3c(c1O2)-c1ccccc1C3(c1cccc2ccccc12)c1ccc(N(c2cccc3ccccc23)c2cccc3ccccc23)c2ccccc12. The molecule has 0 radical (unpaired) electrons. The summed E-state index contributed by atoms with van der Waals surface area (Å²) in [5, 5.41) is 14.4. The topological polar surface area (TPSA) is 48.3 Å². The minimum Gasteiger partial charge on any atom is -0.449 e. The van der Waals surface area contributed by atoms with Crippen molar-refractivity contribution in [3.05, 3.63) is 548 Å². The number of benzene rings is 23. The standard InChI is InChI=1S/C71H46N2O2.C59H37NO2/c1-2-16-47(17-3-1)48-34-40-53(41-35-48)72(55-20-15-21-56(46-55)73-64-28-10-7-23-59(64)60-24-8-11-29-65(60)73)54-42-38-52(39-43-54)71(51-36-32-50(33-37-51)58-26-14-19-49-18-4-5-22-57(49)58)62-27-9-6-25-61(62)69-63(71)44-45-68-70(69)75-67-31-13-12-30-66(67)74-68;1-4-22-41-38(16-1)19-13-29-47(41)59(48-28-10-9-27-46(48)57-50(59)35-37-56-58(57)62-55-33-12-11-32-54(55)61-56)49-34-36-53(45-26-8-7-25-44(45)49)60(51-30-14-20-39-17-2-5-23-42(39)51)52-31-15-21-40-18-3-6-24-43(40)52/h1-46H;1-37H. The van der Waals surface area contributed by atoms with Crippen LogP contribution in [0.1, 0.15) is 44.5 Å². The van der Waals surface area contributed by atoms with Crippen molar-refractivity contribution in [1.82, 2.24) is 4.57 Å². The van der Waals surface area contributed by atoms with Gasteiger partial charge in [0.2, 0.25) is 0 Å². The zero-order chi connectivity index (χ0) is 90.2. The van der Waals surface area contributed by atoms with E-state index in [-0.39, 0.29) is 0 Å². The molecule has 0 saturated heterocycles. The minimum absolute atomic E-state index is 0.705. The van der Waals surface area contributed by atoms with E-state index in [2.05, 4.69) is 469 Å². The van der Waals surface area contributed by atoms with Crippen LogP contribution in [-0.2, 0) is 10.8 Å². The molecule has 1 aromatic heterocycles. The summed E-state index contributed by atoms with van der Waals surface area (Å²) in [6.07, 6.45) is 0. The molecule has 0 N–H and O–H groups in total. The molecule has 2 unspecified atom stereocenters. The Labute approximate surface area is 792 Å². The zero-order valence-corrected chi connectivity index (χ0v) is 74.4. The molecule has 24 aromatic rings. The Bertz CT molecular complexity index is 8860. The van der Waals surface area contributed by atoms with E-state index in [0.717, 1.165) is 107 Å². The highest BCUT2D eigenvalue weighted by atomic mass is 16.6. The number of anilines is 6. The van der Waals surface area contributed by atoms with E-state index in [1.54, 1.807) is 0 Å². The molecular weight excluding hydrogens is 1670 g/mol. The number of rotatable bonds is 13. The molecule has 7 heteroatoms. The molecule has 0 saturated carbocycles. The monoisotopic (exact) mass is 1750 g/mol. The van der Waals surface area contributed by atoms with E-state index in [0.29, 0.717) is 28.7 Å². The molecule has 0 amide bonds. The molecule has 0 fully saturated rings. The summed E-state index contributed by atoms with van der Waals surface area (Å²) in [7, 11) is 0. The van der Waals surface area contributed by atoms with Crippen LogP contribution in [0, 0.1) is 0 Å². The van der Waals surface area contributed by atoms with Gasteiger partial charge < -0.3 is 33.3 Å². The fourth-order valence-electron chi connectivity index (χ4n) is 22.8. The van der Waals surface area contributed by atoms with E-state index in [1.807, 2.05) is 48.5 Å². The normalized spacial score (nSPS) is 14.4. The van der Waals surface area contributed by atoms with Crippen molar-refractivity contribution in [3.8, 4) is 96.2 Å². The van der Waals surface area contributed by atoms with E-state index in [1.165, 1.54) is 115 Å². The Morgan fingerprint density at radius 2 is 0.562 bits per heavy atom. The lowest BCUT2D eigenvalue weighted by Crippen LogP contribution is -2.29. The van der Waals surface area contributed by atoms with E-state index in [9.17, 15) is 0 Å². The van der Waals surface area contributed by atoms with Crippen molar-refractivity contribution in [2.24, 2.45) is 0 Å². The third-order valence-corrected chi connectivity index (χ3v) is 28.7. The molecule has 2 aliphatic heterocycles. The van der Waals surface area contributed by atoms with Crippen LogP contribution in [0.5, 0.6) is 46.0 Å². The summed E-state index contributed by atoms with van der Waals surface area (Å²) < 4.78 is 29.4.